The molecule has 0 unspecified atom stereocenters. The molecule has 1 aromatic heterocycles. The SMILES string of the molecule is COC(=O)c1c(CC(=O)Nc2cc(NC(=O)C(C)C)ccc2C)[nH]c(C(C)=O)c1C. The topological polar surface area (TPSA) is 117 Å². The molecule has 160 valence electrons. The summed E-state index contributed by atoms with van der Waals surface area (Å²) in [6.45, 7) is 8.42. The second-order valence-corrected chi connectivity index (χ2v) is 7.42. The molecule has 0 radical (unpaired) electrons. The van der Waals surface area contributed by atoms with E-state index >= 15 is 0 Å². The highest BCUT2D eigenvalue weighted by atomic mass is 16.5. The summed E-state index contributed by atoms with van der Waals surface area (Å²) in [6.07, 6.45) is -0.152. The molecule has 8 heteroatoms. The van der Waals surface area contributed by atoms with Crippen molar-refractivity contribution in [2.24, 2.45) is 5.92 Å². The van der Waals surface area contributed by atoms with E-state index < -0.39 is 5.97 Å². The normalized spacial score (nSPS) is 10.6. The Hall–Kier alpha value is -3.42. The third-order valence-electron chi connectivity index (χ3n) is 4.71. The Labute approximate surface area is 175 Å². The van der Waals surface area contributed by atoms with E-state index in [1.807, 2.05) is 6.92 Å². The van der Waals surface area contributed by atoms with Gasteiger partial charge in [0.15, 0.2) is 5.78 Å². The van der Waals surface area contributed by atoms with E-state index in [-0.39, 0.29) is 41.2 Å². The number of esters is 1. The van der Waals surface area contributed by atoms with Gasteiger partial charge < -0.3 is 20.4 Å². The highest BCUT2D eigenvalue weighted by molar-refractivity contribution is 6.02. The van der Waals surface area contributed by atoms with Gasteiger partial charge in [0.2, 0.25) is 11.8 Å². The summed E-state index contributed by atoms with van der Waals surface area (Å²) in [7, 11) is 1.24. The molecule has 2 amide bonds. The van der Waals surface area contributed by atoms with Gasteiger partial charge in [-0.05, 0) is 37.1 Å². The van der Waals surface area contributed by atoms with Crippen LogP contribution in [-0.2, 0) is 20.7 Å². The molecule has 2 aromatic rings. The Kier molecular flexibility index (Phi) is 7.15. The summed E-state index contributed by atoms with van der Waals surface area (Å²) >= 11 is 0. The molecule has 0 aliphatic rings. The summed E-state index contributed by atoms with van der Waals surface area (Å²) in [5, 5.41) is 5.59. The van der Waals surface area contributed by atoms with Crippen molar-refractivity contribution in [3.63, 3.8) is 0 Å². The zero-order valence-electron chi connectivity index (χ0n) is 18.1. The van der Waals surface area contributed by atoms with E-state index in [0.29, 0.717) is 22.6 Å². The number of carbonyl (C=O) groups excluding carboxylic acids is 4. The number of aryl methyl sites for hydroxylation is 1. The summed E-state index contributed by atoms with van der Waals surface area (Å²) in [6, 6.07) is 5.22. The van der Waals surface area contributed by atoms with Gasteiger partial charge in [0.1, 0.15) is 0 Å². The van der Waals surface area contributed by atoms with Gasteiger partial charge >= 0.3 is 5.97 Å². The second-order valence-electron chi connectivity index (χ2n) is 7.42. The first-order valence-electron chi connectivity index (χ1n) is 9.57. The lowest BCUT2D eigenvalue weighted by atomic mass is 10.1. The minimum Gasteiger partial charge on any atom is -0.465 e. The maximum atomic E-state index is 12.7. The highest BCUT2D eigenvalue weighted by Gasteiger charge is 2.24. The van der Waals surface area contributed by atoms with Crippen LogP contribution in [0, 0.1) is 19.8 Å². The number of benzene rings is 1. The number of aromatic amines is 1. The number of anilines is 2. The zero-order valence-corrected chi connectivity index (χ0v) is 18.1. The molecule has 2 rings (SSSR count). The van der Waals surface area contributed by atoms with Gasteiger partial charge in [0.05, 0.1) is 24.8 Å². The minimum absolute atomic E-state index is 0.127. The van der Waals surface area contributed by atoms with Crippen LogP contribution in [0.1, 0.15) is 58.4 Å². The van der Waals surface area contributed by atoms with Crippen molar-refractivity contribution in [2.75, 3.05) is 17.7 Å². The lowest BCUT2D eigenvalue weighted by molar-refractivity contribution is -0.119. The van der Waals surface area contributed by atoms with Crippen LogP contribution in [0.15, 0.2) is 18.2 Å². The molecule has 0 aliphatic carbocycles. The molecule has 0 aliphatic heterocycles. The lowest BCUT2D eigenvalue weighted by Crippen LogP contribution is -2.19. The monoisotopic (exact) mass is 413 g/mol. The third kappa shape index (κ3) is 5.14. The number of Topliss-reactive ketones (excluding diaryl/α,β-unsaturated/α-hetero) is 1. The molecule has 0 spiro atoms. The van der Waals surface area contributed by atoms with E-state index in [9.17, 15) is 19.2 Å². The van der Waals surface area contributed by atoms with Crippen molar-refractivity contribution >= 4 is 34.9 Å². The second kappa shape index (κ2) is 9.39. The van der Waals surface area contributed by atoms with Crippen LogP contribution in [0.25, 0.3) is 0 Å². The van der Waals surface area contributed by atoms with Gasteiger partial charge in [-0.1, -0.05) is 19.9 Å². The number of ketones is 1. The molecule has 0 saturated heterocycles. The summed E-state index contributed by atoms with van der Waals surface area (Å²) in [5.41, 5.74) is 3.14. The number of carbonyl (C=O) groups is 4. The Balaban J connectivity index is 2.26. The Morgan fingerprint density at radius 1 is 1.10 bits per heavy atom. The van der Waals surface area contributed by atoms with Crippen LogP contribution in [0.3, 0.4) is 0 Å². The highest BCUT2D eigenvalue weighted by Crippen LogP contribution is 2.23. The Morgan fingerprint density at radius 2 is 1.77 bits per heavy atom. The van der Waals surface area contributed by atoms with Crippen molar-refractivity contribution in [2.45, 2.75) is 41.0 Å². The number of hydrogen-bond acceptors (Lipinski definition) is 5. The van der Waals surface area contributed by atoms with Crippen LogP contribution in [0.4, 0.5) is 11.4 Å². The number of rotatable bonds is 7. The van der Waals surface area contributed by atoms with Crippen molar-refractivity contribution in [3.05, 3.63) is 46.3 Å². The molecule has 8 nitrogen and oxygen atoms in total. The van der Waals surface area contributed by atoms with E-state index in [1.165, 1.54) is 14.0 Å². The quantitative estimate of drug-likeness (QED) is 0.475. The first kappa shape index (κ1) is 22.9. The largest absolute Gasteiger partial charge is 0.465 e. The van der Waals surface area contributed by atoms with Gasteiger partial charge in [-0.2, -0.15) is 0 Å². The van der Waals surface area contributed by atoms with Crippen LogP contribution >= 0.6 is 0 Å². The number of nitrogens with one attached hydrogen (secondary N) is 3. The van der Waals surface area contributed by atoms with Crippen molar-refractivity contribution in [1.82, 2.24) is 4.98 Å². The Bertz CT molecular complexity index is 1000. The summed E-state index contributed by atoms with van der Waals surface area (Å²) in [5.74, 6) is -1.54. The van der Waals surface area contributed by atoms with Crippen molar-refractivity contribution < 1.29 is 23.9 Å². The number of aromatic nitrogens is 1. The summed E-state index contributed by atoms with van der Waals surface area (Å²) in [4.78, 5) is 51.4. The van der Waals surface area contributed by atoms with Gasteiger partial charge in [0, 0.05) is 29.9 Å². The fourth-order valence-corrected chi connectivity index (χ4v) is 3.00. The minimum atomic E-state index is -0.617. The van der Waals surface area contributed by atoms with Crippen LogP contribution in [-0.4, -0.2) is 35.7 Å². The number of H-pyrrole nitrogens is 1. The van der Waals surface area contributed by atoms with Gasteiger partial charge in [-0.25, -0.2) is 4.79 Å². The molecule has 0 bridgehead atoms. The number of ether oxygens (including phenoxy) is 1. The van der Waals surface area contributed by atoms with Crippen molar-refractivity contribution in [1.29, 1.82) is 0 Å². The molecule has 0 saturated carbocycles. The molecule has 1 heterocycles. The van der Waals surface area contributed by atoms with Crippen LogP contribution < -0.4 is 10.6 Å². The van der Waals surface area contributed by atoms with E-state index in [2.05, 4.69) is 15.6 Å². The number of methoxy groups -OCH3 is 1. The maximum absolute atomic E-state index is 12.7. The maximum Gasteiger partial charge on any atom is 0.339 e. The first-order valence-corrected chi connectivity index (χ1v) is 9.57. The predicted molar refractivity (Wildman–Crippen MR) is 114 cm³/mol. The fourth-order valence-electron chi connectivity index (χ4n) is 3.00. The molecule has 0 fully saturated rings. The van der Waals surface area contributed by atoms with Crippen LogP contribution in [0.2, 0.25) is 0 Å². The van der Waals surface area contributed by atoms with Gasteiger partial charge in [0.25, 0.3) is 0 Å². The Morgan fingerprint density at radius 3 is 2.33 bits per heavy atom. The number of amides is 2. The number of hydrogen-bond donors (Lipinski definition) is 3. The first-order chi connectivity index (χ1) is 14.0. The van der Waals surface area contributed by atoms with Crippen molar-refractivity contribution in [3.8, 4) is 0 Å². The average molecular weight is 413 g/mol. The molecule has 0 atom stereocenters. The molecule has 1 aromatic carbocycles. The summed E-state index contributed by atoms with van der Waals surface area (Å²) < 4.78 is 4.80. The lowest BCUT2D eigenvalue weighted by Gasteiger charge is -2.13. The molecule has 30 heavy (non-hydrogen) atoms. The van der Waals surface area contributed by atoms with Crippen LogP contribution in [0.5, 0.6) is 0 Å². The predicted octanol–water partition coefficient (Wildman–Crippen LogP) is 3.40. The fraction of sp³-hybridized carbons (Fsp3) is 0.364. The third-order valence-corrected chi connectivity index (χ3v) is 4.71. The molecule has 3 N–H and O–H groups in total. The average Bonchev–Trinajstić information content (AvgIpc) is 2.99. The van der Waals surface area contributed by atoms with Gasteiger partial charge in [-0.15, -0.1) is 0 Å². The van der Waals surface area contributed by atoms with E-state index in [0.717, 1.165) is 5.56 Å². The molecular weight excluding hydrogens is 386 g/mol. The standard InChI is InChI=1S/C22H27N3O5/c1-11(2)21(28)23-15-8-7-12(3)16(9-15)24-18(27)10-17-19(22(29)30-6)13(4)20(25-17)14(5)26/h7-9,11,25H,10H2,1-6H3,(H,23,28)(H,24,27). The molecular formula is C22H27N3O5. The smallest absolute Gasteiger partial charge is 0.339 e. The van der Waals surface area contributed by atoms with E-state index in [1.54, 1.807) is 39.0 Å². The van der Waals surface area contributed by atoms with Gasteiger partial charge in [-0.3, -0.25) is 14.4 Å². The van der Waals surface area contributed by atoms with E-state index in [4.69, 9.17) is 4.74 Å². The zero-order chi connectivity index (χ0) is 22.6.